The molecule has 0 N–H and O–H groups in total. The van der Waals surface area contributed by atoms with Crippen molar-refractivity contribution in [2.24, 2.45) is 0 Å². The molecular weight excluding hydrogens is 273 g/mol. The Morgan fingerprint density at radius 1 is 1.31 bits per heavy atom. The van der Waals surface area contributed by atoms with E-state index in [1.54, 1.807) is 12.3 Å². The summed E-state index contributed by atoms with van der Waals surface area (Å²) >= 11 is 2.18. The van der Waals surface area contributed by atoms with Crippen LogP contribution in [0.1, 0.15) is 11.1 Å². The number of rotatable bonds is 0. The second-order valence-corrected chi connectivity index (χ2v) is 3.84. The van der Waals surface area contributed by atoms with Gasteiger partial charge in [-0.05, 0) is 52.8 Å². The minimum Gasteiger partial charge on any atom is -0.256 e. The van der Waals surface area contributed by atoms with Gasteiger partial charge in [-0.25, -0.2) is 0 Å². The molecule has 0 aliphatic heterocycles. The smallest absolute Gasteiger partial charge is 0.0715 e. The van der Waals surface area contributed by atoms with Gasteiger partial charge >= 0.3 is 0 Å². The zero-order valence-corrected chi connectivity index (χ0v) is 8.95. The molecule has 1 nitrogen and oxygen atoms in total. The van der Waals surface area contributed by atoms with Crippen molar-refractivity contribution in [3.63, 3.8) is 0 Å². The summed E-state index contributed by atoms with van der Waals surface area (Å²) in [4.78, 5) is 4.20. The average Bonchev–Trinajstić information content (AvgIpc) is 2.15. The van der Waals surface area contributed by atoms with E-state index in [-0.39, 0.29) is 0 Å². The lowest BCUT2D eigenvalue weighted by Gasteiger charge is -2.05. The molecule has 0 saturated carbocycles. The van der Waals surface area contributed by atoms with Crippen LogP contribution in [0.3, 0.4) is 0 Å². The van der Waals surface area contributed by atoms with E-state index in [1.165, 1.54) is 0 Å². The van der Waals surface area contributed by atoms with Gasteiger partial charge in [-0.2, -0.15) is 0 Å². The minimum absolute atomic E-state index is 0.593. The Bertz CT molecular complexity index is 463. The van der Waals surface area contributed by atoms with Crippen LogP contribution in [0.4, 0.5) is 0 Å². The maximum atomic E-state index is 5.79. The third-order valence-electron chi connectivity index (χ3n) is 1.91. The monoisotopic (exact) mass is 279 g/mol. The largest absolute Gasteiger partial charge is 0.256 e. The zero-order chi connectivity index (χ0) is 9.42. The van der Waals surface area contributed by atoms with Crippen LogP contribution in [0.25, 0.3) is 10.9 Å². The quantitative estimate of drug-likeness (QED) is 0.676. The highest BCUT2D eigenvalue weighted by atomic mass is 127. The van der Waals surface area contributed by atoms with Gasteiger partial charge in [0.15, 0.2) is 0 Å². The Balaban J connectivity index is 2.94. The maximum absolute atomic E-state index is 5.79. The molecule has 0 atom stereocenters. The summed E-state index contributed by atoms with van der Waals surface area (Å²) in [6.45, 7) is 11.5. The van der Waals surface area contributed by atoms with Crippen LogP contribution in [0.2, 0.25) is 0 Å². The number of hydrogen-bond donors (Lipinski definition) is 0. The van der Waals surface area contributed by atoms with Gasteiger partial charge in [0.25, 0.3) is 0 Å². The second-order valence-electron chi connectivity index (χ2n) is 2.76. The predicted octanol–water partition coefficient (Wildman–Crippen LogP) is 2.96. The highest BCUT2D eigenvalue weighted by Crippen LogP contribution is 2.24. The Morgan fingerprint density at radius 2 is 2.08 bits per heavy atom. The van der Waals surface area contributed by atoms with Crippen LogP contribution in [-0.2, 0) is 0 Å². The third-order valence-corrected chi connectivity index (χ3v) is 3.08. The molecule has 0 saturated heterocycles. The Hall–Kier alpha value is -0.640. The van der Waals surface area contributed by atoms with Crippen LogP contribution in [0, 0.1) is 17.4 Å². The number of halogens is 1. The Labute approximate surface area is 91.3 Å². The van der Waals surface area contributed by atoms with Crippen LogP contribution in [0.5, 0.6) is 0 Å². The summed E-state index contributed by atoms with van der Waals surface area (Å²) in [5.41, 5.74) is 2.12. The summed E-state index contributed by atoms with van der Waals surface area (Å²) in [6.07, 6.45) is 1.74. The van der Waals surface area contributed by atoms with Crippen LogP contribution >= 0.6 is 22.6 Å². The van der Waals surface area contributed by atoms with Gasteiger partial charge in [0.1, 0.15) is 0 Å². The highest BCUT2D eigenvalue weighted by molar-refractivity contribution is 14.1. The molecule has 0 bridgehead atoms. The number of fused-ring (bicyclic) bond motifs is 1. The van der Waals surface area contributed by atoms with Gasteiger partial charge in [0, 0.05) is 22.1 Å². The van der Waals surface area contributed by atoms with Crippen molar-refractivity contribution in [3.8, 4) is 0 Å². The predicted molar refractivity (Wildman–Crippen MR) is 61.3 cm³/mol. The molecule has 0 aliphatic rings. The second kappa shape index (κ2) is 3.25. The van der Waals surface area contributed by atoms with E-state index in [2.05, 4.69) is 27.6 Å². The van der Waals surface area contributed by atoms with E-state index in [9.17, 15) is 0 Å². The van der Waals surface area contributed by atoms with Crippen molar-refractivity contribution in [1.29, 1.82) is 0 Å². The summed E-state index contributed by atoms with van der Waals surface area (Å²) < 4.78 is 0.973. The summed E-state index contributed by atoms with van der Waals surface area (Å²) in [5, 5.41) is 1.05. The average molecular weight is 279 g/mol. The number of nitrogens with zero attached hydrogens (tertiary/aromatic N) is 1. The lowest BCUT2D eigenvalue weighted by molar-refractivity contribution is 1.39. The van der Waals surface area contributed by atoms with Crippen molar-refractivity contribution in [1.82, 2.24) is 4.98 Å². The van der Waals surface area contributed by atoms with E-state index >= 15 is 0 Å². The lowest BCUT2D eigenvalue weighted by atomic mass is 10.1. The molecule has 2 heteroatoms. The normalized spacial score (nSPS) is 10.7. The van der Waals surface area contributed by atoms with Gasteiger partial charge in [-0.3, -0.25) is 4.98 Å². The van der Waals surface area contributed by atoms with Crippen LogP contribution < -0.4 is 0 Å². The first-order valence-corrected chi connectivity index (χ1v) is 4.86. The fourth-order valence-electron chi connectivity index (χ4n) is 1.21. The van der Waals surface area contributed by atoms with Gasteiger partial charge in [-0.1, -0.05) is 6.07 Å². The molecule has 2 rings (SSSR count). The molecule has 1 heterocycles. The molecule has 1 aromatic heterocycles. The fourth-order valence-corrected chi connectivity index (χ4v) is 1.98. The fraction of sp³-hybridized carbons (Fsp3) is 0. The molecule has 0 spiro atoms. The first-order valence-electron chi connectivity index (χ1n) is 3.78. The van der Waals surface area contributed by atoms with E-state index in [0.29, 0.717) is 11.1 Å². The molecule has 0 fully saturated rings. The number of hydrogen-bond acceptors (Lipinski definition) is 1. The van der Waals surface area contributed by atoms with Crippen LogP contribution in [-0.4, -0.2) is 4.98 Å². The number of pyridine rings is 1. The first-order chi connectivity index (χ1) is 6.20. The van der Waals surface area contributed by atoms with Gasteiger partial charge in [0.05, 0.1) is 5.52 Å². The number of benzene rings is 1. The van der Waals surface area contributed by atoms with Gasteiger partial charge < -0.3 is 0 Å². The number of aromatic nitrogens is 1. The van der Waals surface area contributed by atoms with Crippen molar-refractivity contribution < 1.29 is 0 Å². The molecule has 2 aromatic rings. The van der Waals surface area contributed by atoms with Gasteiger partial charge in [0.2, 0.25) is 0 Å². The molecule has 0 unspecified atom stereocenters. The van der Waals surface area contributed by atoms with Crippen LogP contribution in [0.15, 0.2) is 24.4 Å². The first kappa shape index (κ1) is 8.94. The van der Waals surface area contributed by atoms with E-state index in [4.69, 9.17) is 13.8 Å². The van der Waals surface area contributed by atoms with Crippen molar-refractivity contribution in [2.75, 3.05) is 0 Å². The molecular formula is C11H6IN. The molecule has 0 aliphatic carbocycles. The lowest BCUT2D eigenvalue weighted by Crippen LogP contribution is -1.89. The topological polar surface area (TPSA) is 12.9 Å². The molecule has 62 valence electrons. The van der Waals surface area contributed by atoms with Crippen molar-refractivity contribution >= 4 is 33.5 Å². The molecule has 1 aromatic carbocycles. The van der Waals surface area contributed by atoms with E-state index < -0.39 is 0 Å². The maximum Gasteiger partial charge on any atom is 0.0715 e. The SMILES string of the molecule is [CH]c1cc2ncccc2c(I)c1[CH]. The third kappa shape index (κ3) is 1.43. The van der Waals surface area contributed by atoms with Crippen molar-refractivity contribution in [3.05, 3.63) is 52.9 Å². The highest BCUT2D eigenvalue weighted by Gasteiger charge is 2.04. The summed E-state index contributed by atoms with van der Waals surface area (Å²) in [5.74, 6) is 0. The molecule has 13 heavy (non-hydrogen) atoms. The zero-order valence-electron chi connectivity index (χ0n) is 6.79. The standard InChI is InChI=1S/C11H6IN/c1-7-6-10-9(4-3-5-13-10)11(12)8(7)2/h1-6H. The summed E-state index contributed by atoms with van der Waals surface area (Å²) in [6, 6.07) is 5.67. The van der Waals surface area contributed by atoms with Gasteiger partial charge in [-0.15, -0.1) is 0 Å². The Morgan fingerprint density at radius 3 is 2.85 bits per heavy atom. The Kier molecular flexibility index (Phi) is 2.24. The minimum atomic E-state index is 0.593. The van der Waals surface area contributed by atoms with E-state index in [1.807, 2.05) is 12.1 Å². The summed E-state index contributed by atoms with van der Waals surface area (Å²) in [7, 11) is 0. The van der Waals surface area contributed by atoms with E-state index in [0.717, 1.165) is 14.5 Å². The van der Waals surface area contributed by atoms with Crippen molar-refractivity contribution in [2.45, 2.75) is 0 Å². The molecule has 4 radical (unpaired) electrons. The molecule has 0 amide bonds.